The van der Waals surface area contributed by atoms with E-state index in [-0.39, 0.29) is 11.5 Å². The molecular weight excluding hydrogens is 394 g/mol. The number of aromatic amines is 1. The maximum atomic E-state index is 12.1. The van der Waals surface area contributed by atoms with Crippen LogP contribution in [0.3, 0.4) is 0 Å². The summed E-state index contributed by atoms with van der Waals surface area (Å²) in [7, 11) is -3.02. The summed E-state index contributed by atoms with van der Waals surface area (Å²) in [4.78, 5) is 2.52. The second kappa shape index (κ2) is 8.90. The van der Waals surface area contributed by atoms with Gasteiger partial charge in [-0.15, -0.1) is 0 Å². The van der Waals surface area contributed by atoms with Gasteiger partial charge in [0.1, 0.15) is 0 Å². The number of rotatable bonds is 7. The average molecular weight is 426 g/mol. The topological polar surface area (TPSA) is 66.1 Å². The molecule has 1 saturated heterocycles. The number of nitrogens with zero attached hydrogens (tertiary/aromatic N) is 2. The lowest BCUT2D eigenvalue weighted by Gasteiger charge is -2.33. The van der Waals surface area contributed by atoms with Gasteiger partial charge in [-0.05, 0) is 73.0 Å². The van der Waals surface area contributed by atoms with Gasteiger partial charge in [-0.3, -0.25) is 10.00 Å². The van der Waals surface area contributed by atoms with Crippen LogP contribution in [0.15, 0.2) is 42.6 Å². The second-order valence-electron chi connectivity index (χ2n) is 8.68. The molecule has 0 amide bonds. The lowest BCUT2D eigenvalue weighted by molar-refractivity contribution is 0.167. The summed E-state index contributed by atoms with van der Waals surface area (Å²) in [5.41, 5.74) is 5.67. The van der Waals surface area contributed by atoms with Crippen molar-refractivity contribution in [3.63, 3.8) is 0 Å². The molecule has 4 rings (SSSR count). The molecular formula is C24H31N3O2S. The van der Waals surface area contributed by atoms with E-state index in [2.05, 4.69) is 51.5 Å². The van der Waals surface area contributed by atoms with Crippen LogP contribution in [0.5, 0.6) is 0 Å². The lowest BCUT2D eigenvalue weighted by Crippen LogP contribution is -2.35. The molecule has 30 heavy (non-hydrogen) atoms. The van der Waals surface area contributed by atoms with Crippen molar-refractivity contribution in [2.24, 2.45) is 5.92 Å². The number of fused-ring (bicyclic) bond motifs is 1. The standard InChI is InChI=1S/C24H31N3O2S/c1-3-30(28,29)17-23-13-21(7-6-18(23)2)16-27-10-4-5-20(15-27)11-19-8-9-24-22(12-19)14-25-26-24/h6-9,12-14,20H,3-5,10-11,15-17H2,1-2H3,(H,25,26)/t20-/m1/s1. The highest BCUT2D eigenvalue weighted by Gasteiger charge is 2.21. The summed E-state index contributed by atoms with van der Waals surface area (Å²) < 4.78 is 24.2. The largest absolute Gasteiger partial charge is 0.299 e. The maximum absolute atomic E-state index is 12.1. The first kappa shape index (κ1) is 21.1. The summed E-state index contributed by atoms with van der Waals surface area (Å²) in [6.07, 6.45) is 5.45. The fourth-order valence-electron chi connectivity index (χ4n) is 4.49. The number of hydrogen-bond acceptors (Lipinski definition) is 4. The van der Waals surface area contributed by atoms with Crippen LogP contribution in [-0.2, 0) is 28.6 Å². The Kier molecular flexibility index (Phi) is 6.25. The number of hydrogen-bond donors (Lipinski definition) is 1. The van der Waals surface area contributed by atoms with Crippen LogP contribution < -0.4 is 0 Å². The van der Waals surface area contributed by atoms with Crippen LogP contribution in [0.25, 0.3) is 10.9 Å². The Bertz CT molecular complexity index is 1120. The smallest absolute Gasteiger partial charge is 0.154 e. The van der Waals surface area contributed by atoms with Crippen LogP contribution in [0.2, 0.25) is 0 Å². The number of aromatic nitrogens is 2. The van der Waals surface area contributed by atoms with Gasteiger partial charge in [0, 0.05) is 24.2 Å². The minimum Gasteiger partial charge on any atom is -0.299 e. The minimum atomic E-state index is -3.02. The molecule has 1 N–H and O–H groups in total. The average Bonchev–Trinajstić information content (AvgIpc) is 3.18. The highest BCUT2D eigenvalue weighted by molar-refractivity contribution is 7.90. The van der Waals surface area contributed by atoms with Crippen LogP contribution in [0, 0.1) is 12.8 Å². The number of sulfone groups is 1. The summed E-state index contributed by atoms with van der Waals surface area (Å²) >= 11 is 0. The van der Waals surface area contributed by atoms with E-state index in [1.165, 1.54) is 29.4 Å². The van der Waals surface area contributed by atoms with Gasteiger partial charge in [0.25, 0.3) is 0 Å². The zero-order valence-electron chi connectivity index (χ0n) is 17.9. The summed E-state index contributed by atoms with van der Waals surface area (Å²) in [6.45, 7) is 6.79. The lowest BCUT2D eigenvalue weighted by atomic mass is 9.90. The van der Waals surface area contributed by atoms with E-state index < -0.39 is 9.84 Å². The molecule has 1 aliphatic rings. The van der Waals surface area contributed by atoms with Gasteiger partial charge in [-0.2, -0.15) is 5.10 Å². The molecule has 6 heteroatoms. The van der Waals surface area contributed by atoms with Crippen molar-refractivity contribution in [3.05, 3.63) is 64.8 Å². The first-order valence-corrected chi connectivity index (χ1v) is 12.7. The molecule has 160 valence electrons. The van der Waals surface area contributed by atoms with Crippen LogP contribution in [-0.4, -0.2) is 42.4 Å². The molecule has 2 heterocycles. The molecule has 0 saturated carbocycles. The Balaban J connectivity index is 1.41. The number of H-pyrrole nitrogens is 1. The summed E-state index contributed by atoms with van der Waals surface area (Å²) in [6, 6.07) is 12.9. The van der Waals surface area contributed by atoms with Crippen LogP contribution >= 0.6 is 0 Å². The van der Waals surface area contributed by atoms with Gasteiger partial charge in [-0.1, -0.05) is 31.2 Å². The number of benzene rings is 2. The zero-order chi connectivity index (χ0) is 21.1. The molecule has 0 radical (unpaired) electrons. The monoisotopic (exact) mass is 425 g/mol. The third-order valence-electron chi connectivity index (χ3n) is 6.27. The first-order chi connectivity index (χ1) is 14.4. The fourth-order valence-corrected chi connectivity index (χ4v) is 5.48. The van der Waals surface area contributed by atoms with E-state index in [1.54, 1.807) is 6.92 Å². The molecule has 1 aromatic heterocycles. The highest BCUT2D eigenvalue weighted by Crippen LogP contribution is 2.24. The number of nitrogens with one attached hydrogen (secondary N) is 1. The zero-order valence-corrected chi connectivity index (χ0v) is 18.7. The summed E-state index contributed by atoms with van der Waals surface area (Å²) in [5, 5.41) is 8.31. The summed E-state index contributed by atoms with van der Waals surface area (Å²) in [5.74, 6) is 0.977. The molecule has 1 aliphatic heterocycles. The van der Waals surface area contributed by atoms with E-state index in [1.807, 2.05) is 13.1 Å². The Morgan fingerprint density at radius 1 is 1.17 bits per heavy atom. The molecule has 0 aliphatic carbocycles. The third kappa shape index (κ3) is 5.10. The van der Waals surface area contributed by atoms with Crippen LogP contribution in [0.4, 0.5) is 0 Å². The Labute approximate surface area is 179 Å². The molecule has 1 atom stereocenters. The molecule has 0 unspecified atom stereocenters. The number of aryl methyl sites for hydroxylation is 1. The molecule has 1 fully saturated rings. The Morgan fingerprint density at radius 3 is 2.83 bits per heavy atom. The van der Waals surface area contributed by atoms with Gasteiger partial charge in [0.2, 0.25) is 0 Å². The minimum absolute atomic E-state index is 0.141. The van der Waals surface area contributed by atoms with Crippen molar-refractivity contribution in [1.82, 2.24) is 15.1 Å². The van der Waals surface area contributed by atoms with Crippen molar-refractivity contribution < 1.29 is 8.42 Å². The Morgan fingerprint density at radius 2 is 2.00 bits per heavy atom. The third-order valence-corrected chi connectivity index (χ3v) is 7.90. The van der Waals surface area contributed by atoms with Gasteiger partial charge in [-0.25, -0.2) is 8.42 Å². The normalized spacial score (nSPS) is 18.1. The molecule has 0 spiro atoms. The van der Waals surface area contributed by atoms with Crippen molar-refractivity contribution in [3.8, 4) is 0 Å². The molecule has 0 bridgehead atoms. The molecule has 2 aromatic carbocycles. The molecule has 5 nitrogen and oxygen atoms in total. The van der Waals surface area contributed by atoms with E-state index in [9.17, 15) is 8.42 Å². The first-order valence-electron chi connectivity index (χ1n) is 10.8. The van der Waals surface area contributed by atoms with Gasteiger partial charge in [0.15, 0.2) is 9.84 Å². The number of piperidine rings is 1. The highest BCUT2D eigenvalue weighted by atomic mass is 32.2. The van der Waals surface area contributed by atoms with Crippen molar-refractivity contribution >= 4 is 20.7 Å². The van der Waals surface area contributed by atoms with Gasteiger partial charge in [0.05, 0.1) is 17.5 Å². The Hall–Kier alpha value is -2.18. The molecule has 3 aromatic rings. The van der Waals surface area contributed by atoms with Crippen LogP contribution in [0.1, 0.15) is 42.0 Å². The second-order valence-corrected chi connectivity index (χ2v) is 11.0. The SMILES string of the molecule is CCS(=O)(=O)Cc1cc(CN2CCC[C@H](Cc3ccc4[nH]ncc4c3)C2)ccc1C. The van der Waals surface area contributed by atoms with Gasteiger partial charge < -0.3 is 0 Å². The number of likely N-dealkylation sites (tertiary alicyclic amines) is 1. The predicted molar refractivity (Wildman–Crippen MR) is 122 cm³/mol. The van der Waals surface area contributed by atoms with Crippen molar-refractivity contribution in [2.45, 2.75) is 45.4 Å². The van der Waals surface area contributed by atoms with E-state index >= 15 is 0 Å². The quantitative estimate of drug-likeness (QED) is 0.614. The predicted octanol–water partition coefficient (Wildman–Crippen LogP) is 4.26. The fraction of sp³-hybridized carbons (Fsp3) is 0.458. The van der Waals surface area contributed by atoms with Crippen molar-refractivity contribution in [2.75, 3.05) is 18.8 Å². The van der Waals surface area contributed by atoms with E-state index in [0.29, 0.717) is 5.92 Å². The van der Waals surface area contributed by atoms with E-state index in [0.717, 1.165) is 42.7 Å². The van der Waals surface area contributed by atoms with Gasteiger partial charge >= 0.3 is 0 Å². The van der Waals surface area contributed by atoms with E-state index in [4.69, 9.17) is 0 Å². The van der Waals surface area contributed by atoms with Crippen molar-refractivity contribution in [1.29, 1.82) is 0 Å². The maximum Gasteiger partial charge on any atom is 0.154 e.